The van der Waals surface area contributed by atoms with Gasteiger partial charge in [0.1, 0.15) is 5.15 Å². The second kappa shape index (κ2) is 3.87. The van der Waals surface area contributed by atoms with E-state index in [1.807, 2.05) is 18.3 Å². The summed E-state index contributed by atoms with van der Waals surface area (Å²) in [5.74, 6) is 0. The highest BCUT2D eigenvalue weighted by atomic mass is 79.9. The quantitative estimate of drug-likeness (QED) is 0.707. The number of halogens is 2. The van der Waals surface area contributed by atoms with Crippen LogP contribution in [0.1, 0.15) is 12.5 Å². The highest BCUT2D eigenvalue weighted by Crippen LogP contribution is 2.31. The first-order chi connectivity index (χ1) is 6.74. The molecule has 0 radical (unpaired) electrons. The third kappa shape index (κ3) is 1.53. The summed E-state index contributed by atoms with van der Waals surface area (Å²) in [5.41, 5.74) is 1.23. The lowest BCUT2D eigenvalue weighted by molar-refractivity contribution is 1.13. The molecule has 1 aromatic carbocycles. The Labute approximate surface area is 96.2 Å². The van der Waals surface area contributed by atoms with Crippen LogP contribution in [-0.2, 0) is 6.42 Å². The van der Waals surface area contributed by atoms with Crippen molar-refractivity contribution >= 4 is 38.3 Å². The minimum absolute atomic E-state index is 0.560. The Kier molecular flexibility index (Phi) is 2.75. The van der Waals surface area contributed by atoms with Gasteiger partial charge in [-0.2, -0.15) is 0 Å². The predicted octanol–water partition coefficient (Wildman–Crippen LogP) is 4.21. The Morgan fingerprint density at radius 2 is 2.21 bits per heavy atom. The van der Waals surface area contributed by atoms with Crippen molar-refractivity contribution in [2.24, 2.45) is 0 Å². The fourth-order valence-corrected chi connectivity index (χ4v) is 2.47. The van der Waals surface area contributed by atoms with E-state index in [-0.39, 0.29) is 0 Å². The Bertz CT molecular complexity index is 474. The van der Waals surface area contributed by atoms with E-state index in [1.165, 1.54) is 10.9 Å². The van der Waals surface area contributed by atoms with Crippen molar-refractivity contribution in [3.63, 3.8) is 0 Å². The van der Waals surface area contributed by atoms with Crippen LogP contribution in [-0.4, -0.2) is 4.98 Å². The molecule has 0 amide bonds. The zero-order chi connectivity index (χ0) is 10.1. The van der Waals surface area contributed by atoms with Gasteiger partial charge in [0.25, 0.3) is 0 Å². The lowest BCUT2D eigenvalue weighted by Gasteiger charge is -2.06. The molecule has 0 aliphatic carbocycles. The second-order valence-electron chi connectivity index (χ2n) is 3.09. The summed E-state index contributed by atoms with van der Waals surface area (Å²) in [5, 5.41) is 2.75. The highest BCUT2D eigenvalue weighted by Gasteiger charge is 2.07. The standard InChI is InChI=1S/C11H9BrClN/c1-2-7-6-14-11(13)10-8(7)4-3-5-9(10)12/h3-6H,2H2,1H3. The maximum absolute atomic E-state index is 6.05. The third-order valence-electron chi connectivity index (χ3n) is 2.28. The molecule has 0 aliphatic heterocycles. The molecule has 0 N–H and O–H groups in total. The second-order valence-corrected chi connectivity index (χ2v) is 4.30. The SMILES string of the molecule is CCc1cnc(Cl)c2c(Br)cccc12. The monoisotopic (exact) mass is 269 g/mol. The Hall–Kier alpha value is -0.600. The molecular formula is C11H9BrClN. The van der Waals surface area contributed by atoms with Gasteiger partial charge in [0, 0.05) is 16.1 Å². The molecule has 0 spiro atoms. The van der Waals surface area contributed by atoms with Crippen molar-refractivity contribution in [1.29, 1.82) is 0 Å². The fraction of sp³-hybridized carbons (Fsp3) is 0.182. The van der Waals surface area contributed by atoms with Crippen molar-refractivity contribution in [3.8, 4) is 0 Å². The van der Waals surface area contributed by atoms with E-state index in [9.17, 15) is 0 Å². The number of pyridine rings is 1. The molecule has 3 heteroatoms. The summed E-state index contributed by atoms with van der Waals surface area (Å²) in [7, 11) is 0. The molecule has 0 unspecified atom stereocenters. The molecule has 0 saturated carbocycles. The Morgan fingerprint density at radius 1 is 1.43 bits per heavy atom. The van der Waals surface area contributed by atoms with Crippen LogP contribution < -0.4 is 0 Å². The number of fused-ring (bicyclic) bond motifs is 1. The molecule has 0 saturated heterocycles. The van der Waals surface area contributed by atoms with E-state index in [1.54, 1.807) is 0 Å². The highest BCUT2D eigenvalue weighted by molar-refractivity contribution is 9.10. The number of hydrogen-bond donors (Lipinski definition) is 0. The summed E-state index contributed by atoms with van der Waals surface area (Å²) < 4.78 is 1.00. The molecule has 0 aliphatic rings. The normalized spacial score (nSPS) is 10.8. The van der Waals surface area contributed by atoms with Gasteiger partial charge < -0.3 is 0 Å². The summed E-state index contributed by atoms with van der Waals surface area (Å²) in [6, 6.07) is 6.07. The van der Waals surface area contributed by atoms with Gasteiger partial charge >= 0.3 is 0 Å². The zero-order valence-electron chi connectivity index (χ0n) is 7.72. The van der Waals surface area contributed by atoms with Crippen molar-refractivity contribution in [3.05, 3.63) is 39.6 Å². The zero-order valence-corrected chi connectivity index (χ0v) is 10.1. The Balaban J connectivity index is 2.91. The van der Waals surface area contributed by atoms with Gasteiger partial charge in [0.15, 0.2) is 0 Å². The van der Waals surface area contributed by atoms with Gasteiger partial charge in [0.2, 0.25) is 0 Å². The summed E-state index contributed by atoms with van der Waals surface area (Å²) in [6.07, 6.45) is 2.81. The van der Waals surface area contributed by atoms with E-state index in [0.717, 1.165) is 16.3 Å². The topological polar surface area (TPSA) is 12.9 Å². The maximum atomic E-state index is 6.05. The lowest BCUT2D eigenvalue weighted by Crippen LogP contribution is -1.88. The van der Waals surface area contributed by atoms with Crippen molar-refractivity contribution in [2.75, 3.05) is 0 Å². The molecule has 14 heavy (non-hydrogen) atoms. The van der Waals surface area contributed by atoms with Crippen LogP contribution in [0.15, 0.2) is 28.9 Å². The van der Waals surface area contributed by atoms with Gasteiger partial charge in [-0.25, -0.2) is 4.98 Å². The van der Waals surface area contributed by atoms with Crippen LogP contribution in [0.5, 0.6) is 0 Å². The van der Waals surface area contributed by atoms with Crippen LogP contribution in [0.3, 0.4) is 0 Å². The first-order valence-corrected chi connectivity index (χ1v) is 5.62. The van der Waals surface area contributed by atoms with Gasteiger partial charge in [-0.15, -0.1) is 0 Å². The number of benzene rings is 1. The summed E-state index contributed by atoms with van der Waals surface area (Å²) in [6.45, 7) is 2.12. The van der Waals surface area contributed by atoms with Gasteiger partial charge in [-0.05, 0) is 23.4 Å². The fourth-order valence-electron chi connectivity index (χ4n) is 1.55. The molecule has 1 aromatic heterocycles. The third-order valence-corrected chi connectivity index (χ3v) is 3.23. The first kappa shape index (κ1) is 9.94. The molecular weight excluding hydrogens is 261 g/mol. The molecule has 0 atom stereocenters. The van der Waals surface area contributed by atoms with Crippen molar-refractivity contribution in [2.45, 2.75) is 13.3 Å². The first-order valence-electron chi connectivity index (χ1n) is 4.45. The number of hydrogen-bond acceptors (Lipinski definition) is 1. The lowest BCUT2D eigenvalue weighted by atomic mass is 10.1. The van der Waals surface area contributed by atoms with E-state index in [2.05, 4.69) is 33.9 Å². The number of rotatable bonds is 1. The summed E-state index contributed by atoms with van der Waals surface area (Å²) in [4.78, 5) is 4.17. The van der Waals surface area contributed by atoms with Crippen LogP contribution >= 0.6 is 27.5 Å². The maximum Gasteiger partial charge on any atom is 0.137 e. The van der Waals surface area contributed by atoms with Gasteiger partial charge in [-0.3, -0.25) is 0 Å². The molecule has 2 aromatic rings. The van der Waals surface area contributed by atoms with Crippen LogP contribution in [0.25, 0.3) is 10.8 Å². The molecule has 0 fully saturated rings. The van der Waals surface area contributed by atoms with E-state index < -0.39 is 0 Å². The van der Waals surface area contributed by atoms with E-state index in [0.29, 0.717) is 5.15 Å². The minimum atomic E-state index is 0.560. The number of nitrogens with zero attached hydrogens (tertiary/aromatic N) is 1. The van der Waals surface area contributed by atoms with Crippen LogP contribution in [0.4, 0.5) is 0 Å². The molecule has 0 bridgehead atoms. The van der Waals surface area contributed by atoms with Crippen LogP contribution in [0, 0.1) is 0 Å². The summed E-state index contributed by atoms with van der Waals surface area (Å²) >= 11 is 9.54. The smallest absolute Gasteiger partial charge is 0.137 e. The molecule has 1 nitrogen and oxygen atoms in total. The predicted molar refractivity (Wildman–Crippen MR) is 63.8 cm³/mol. The Morgan fingerprint density at radius 3 is 2.93 bits per heavy atom. The molecule has 2 rings (SSSR count). The number of aromatic nitrogens is 1. The van der Waals surface area contributed by atoms with Gasteiger partial charge in [0.05, 0.1) is 0 Å². The largest absolute Gasteiger partial charge is 0.244 e. The van der Waals surface area contributed by atoms with Crippen molar-refractivity contribution < 1.29 is 0 Å². The average molecular weight is 271 g/mol. The van der Waals surface area contributed by atoms with E-state index >= 15 is 0 Å². The van der Waals surface area contributed by atoms with Crippen molar-refractivity contribution in [1.82, 2.24) is 4.98 Å². The number of aryl methyl sites for hydroxylation is 1. The minimum Gasteiger partial charge on any atom is -0.244 e. The van der Waals surface area contributed by atoms with Crippen LogP contribution in [0.2, 0.25) is 5.15 Å². The molecule has 1 heterocycles. The molecule has 72 valence electrons. The van der Waals surface area contributed by atoms with Gasteiger partial charge in [-0.1, -0.05) is 46.6 Å². The average Bonchev–Trinajstić information content (AvgIpc) is 2.18. The van der Waals surface area contributed by atoms with E-state index in [4.69, 9.17) is 11.6 Å².